The van der Waals surface area contributed by atoms with E-state index in [0.717, 1.165) is 23.3 Å². The number of halogens is 1. The van der Waals surface area contributed by atoms with Crippen molar-refractivity contribution in [2.75, 3.05) is 27.3 Å². The number of benzene rings is 2. The number of carbonyl (C=O) groups excluding carboxylic acids is 3. The molecule has 4 amide bonds. The molecule has 2 fully saturated rings. The van der Waals surface area contributed by atoms with Gasteiger partial charge in [-0.05, 0) is 55.7 Å². The largest absolute Gasteiger partial charge is 0.497 e. The molecule has 2 aliphatic rings. The minimum atomic E-state index is -1.37. The summed E-state index contributed by atoms with van der Waals surface area (Å²) >= 11 is 0. The lowest BCUT2D eigenvalue weighted by molar-refractivity contribution is -0.139. The Kier molecular flexibility index (Phi) is 5.97. The van der Waals surface area contributed by atoms with Crippen molar-refractivity contribution in [1.29, 1.82) is 0 Å². The quantitative estimate of drug-likeness (QED) is 0.677. The molecule has 0 bridgehead atoms. The lowest BCUT2D eigenvalue weighted by Gasteiger charge is -2.28. The number of methoxy groups -OCH3 is 2. The summed E-state index contributed by atoms with van der Waals surface area (Å²) in [7, 11) is 3.13. The number of nitrogens with one attached hydrogen (secondary N) is 1. The highest BCUT2D eigenvalue weighted by molar-refractivity contribution is 6.09. The van der Waals surface area contributed by atoms with Crippen molar-refractivity contribution >= 4 is 17.8 Å². The lowest BCUT2D eigenvalue weighted by Crippen LogP contribution is -2.44. The molecule has 2 saturated heterocycles. The molecule has 2 aliphatic heterocycles. The SMILES string of the molecule is COc1ccc(OC)c(C2CCCN2C(=O)CN2C(=O)NC(C)(c3ccc(F)cc3)C2=O)c1. The zero-order valence-electron chi connectivity index (χ0n) is 18.8. The van der Waals surface area contributed by atoms with Crippen molar-refractivity contribution in [2.45, 2.75) is 31.3 Å². The van der Waals surface area contributed by atoms with E-state index >= 15 is 0 Å². The molecule has 174 valence electrons. The Morgan fingerprint density at radius 2 is 1.88 bits per heavy atom. The number of likely N-dealkylation sites (tertiary alicyclic amines) is 1. The molecule has 33 heavy (non-hydrogen) atoms. The molecule has 4 rings (SSSR count). The molecular formula is C24H26FN3O5. The number of carbonyl (C=O) groups is 3. The predicted octanol–water partition coefficient (Wildman–Crippen LogP) is 2.97. The van der Waals surface area contributed by atoms with Crippen LogP contribution in [0.2, 0.25) is 0 Å². The summed E-state index contributed by atoms with van der Waals surface area (Å²) in [6, 6.07) is 9.85. The normalized spacial score (nSPS) is 22.5. The Bertz CT molecular complexity index is 1090. The van der Waals surface area contributed by atoms with Crippen molar-refractivity contribution < 1.29 is 28.2 Å². The molecule has 9 heteroatoms. The Morgan fingerprint density at radius 3 is 2.55 bits per heavy atom. The van der Waals surface area contributed by atoms with E-state index in [-0.39, 0.29) is 18.5 Å². The minimum Gasteiger partial charge on any atom is -0.497 e. The summed E-state index contributed by atoms with van der Waals surface area (Å²) in [5, 5.41) is 2.65. The standard InChI is InChI=1S/C24H26FN3O5/c1-24(15-6-8-16(25)9-7-15)22(30)28(23(31)26-24)14-21(29)27-12-4-5-19(27)18-13-17(32-2)10-11-20(18)33-3/h6-11,13,19H,4-5,12,14H2,1-3H3,(H,26,31). The lowest BCUT2D eigenvalue weighted by atomic mass is 9.92. The average molecular weight is 455 g/mol. The highest BCUT2D eigenvalue weighted by Crippen LogP contribution is 2.39. The van der Waals surface area contributed by atoms with Gasteiger partial charge in [-0.2, -0.15) is 0 Å². The number of rotatable bonds is 6. The number of ether oxygens (including phenoxy) is 2. The van der Waals surface area contributed by atoms with Crippen LogP contribution < -0.4 is 14.8 Å². The fourth-order valence-electron chi connectivity index (χ4n) is 4.53. The van der Waals surface area contributed by atoms with Gasteiger partial charge in [0.2, 0.25) is 5.91 Å². The number of hydrogen-bond donors (Lipinski definition) is 1. The third-order valence-electron chi connectivity index (χ3n) is 6.36. The van der Waals surface area contributed by atoms with Crippen LogP contribution in [0, 0.1) is 5.82 Å². The molecule has 2 unspecified atom stereocenters. The van der Waals surface area contributed by atoms with Crippen molar-refractivity contribution in [3.05, 3.63) is 59.4 Å². The third-order valence-corrected chi connectivity index (χ3v) is 6.36. The topological polar surface area (TPSA) is 88.2 Å². The first-order valence-corrected chi connectivity index (χ1v) is 10.7. The van der Waals surface area contributed by atoms with E-state index in [9.17, 15) is 18.8 Å². The van der Waals surface area contributed by atoms with Crippen LogP contribution in [0.25, 0.3) is 0 Å². The number of urea groups is 1. The molecule has 0 aliphatic carbocycles. The van der Waals surface area contributed by atoms with E-state index < -0.39 is 23.3 Å². The molecule has 2 aromatic rings. The van der Waals surface area contributed by atoms with Gasteiger partial charge in [0, 0.05) is 12.1 Å². The van der Waals surface area contributed by atoms with Crippen LogP contribution in [0.15, 0.2) is 42.5 Å². The summed E-state index contributed by atoms with van der Waals surface area (Å²) in [5.41, 5.74) is -0.112. The van der Waals surface area contributed by atoms with E-state index in [0.29, 0.717) is 23.6 Å². The van der Waals surface area contributed by atoms with Gasteiger partial charge in [0.25, 0.3) is 5.91 Å². The second-order valence-corrected chi connectivity index (χ2v) is 8.31. The first-order valence-electron chi connectivity index (χ1n) is 10.7. The fourth-order valence-corrected chi connectivity index (χ4v) is 4.53. The highest BCUT2D eigenvalue weighted by Gasteiger charge is 2.50. The molecule has 2 aromatic carbocycles. The zero-order valence-corrected chi connectivity index (χ0v) is 18.8. The van der Waals surface area contributed by atoms with Gasteiger partial charge in [-0.3, -0.25) is 14.5 Å². The van der Waals surface area contributed by atoms with Gasteiger partial charge in [0.1, 0.15) is 29.4 Å². The number of nitrogens with zero attached hydrogens (tertiary/aromatic N) is 2. The van der Waals surface area contributed by atoms with Crippen molar-refractivity contribution in [3.63, 3.8) is 0 Å². The maximum absolute atomic E-state index is 13.3. The van der Waals surface area contributed by atoms with Gasteiger partial charge in [-0.1, -0.05) is 12.1 Å². The number of amides is 4. The fraction of sp³-hybridized carbons (Fsp3) is 0.375. The van der Waals surface area contributed by atoms with Gasteiger partial charge in [0.15, 0.2) is 0 Å². The number of hydrogen-bond acceptors (Lipinski definition) is 5. The van der Waals surface area contributed by atoms with Crippen LogP contribution in [0.5, 0.6) is 11.5 Å². The van der Waals surface area contributed by atoms with Gasteiger partial charge < -0.3 is 19.7 Å². The van der Waals surface area contributed by atoms with Crippen molar-refractivity contribution in [1.82, 2.24) is 15.1 Å². The number of imide groups is 1. The molecular weight excluding hydrogens is 429 g/mol. The Labute approximate surface area is 191 Å². The van der Waals surface area contributed by atoms with E-state index in [1.54, 1.807) is 38.2 Å². The molecule has 0 spiro atoms. The van der Waals surface area contributed by atoms with Gasteiger partial charge in [-0.15, -0.1) is 0 Å². The van der Waals surface area contributed by atoms with E-state index in [2.05, 4.69) is 5.32 Å². The Balaban J connectivity index is 1.55. The van der Waals surface area contributed by atoms with Crippen LogP contribution in [0.4, 0.5) is 9.18 Å². The molecule has 0 radical (unpaired) electrons. The summed E-state index contributed by atoms with van der Waals surface area (Å²) in [5.74, 6) is -0.0516. The smallest absolute Gasteiger partial charge is 0.325 e. The van der Waals surface area contributed by atoms with E-state index in [4.69, 9.17) is 9.47 Å². The summed E-state index contributed by atoms with van der Waals surface area (Å²) in [4.78, 5) is 41.6. The first-order chi connectivity index (χ1) is 15.8. The highest BCUT2D eigenvalue weighted by atomic mass is 19.1. The zero-order chi connectivity index (χ0) is 23.8. The second-order valence-electron chi connectivity index (χ2n) is 8.31. The first kappa shape index (κ1) is 22.6. The molecule has 2 atom stereocenters. The van der Waals surface area contributed by atoms with Crippen LogP contribution >= 0.6 is 0 Å². The average Bonchev–Trinajstić information content (AvgIpc) is 3.38. The van der Waals surface area contributed by atoms with Crippen LogP contribution in [-0.4, -0.2) is 55.0 Å². The van der Waals surface area contributed by atoms with Crippen molar-refractivity contribution in [3.8, 4) is 11.5 Å². The monoisotopic (exact) mass is 455 g/mol. The molecule has 8 nitrogen and oxygen atoms in total. The van der Waals surface area contributed by atoms with E-state index in [1.165, 1.54) is 24.3 Å². The summed E-state index contributed by atoms with van der Waals surface area (Å²) in [6.07, 6.45) is 1.51. The Hall–Kier alpha value is -3.62. The van der Waals surface area contributed by atoms with Gasteiger partial charge >= 0.3 is 6.03 Å². The minimum absolute atomic E-state index is 0.258. The van der Waals surface area contributed by atoms with Crippen molar-refractivity contribution in [2.24, 2.45) is 0 Å². The molecule has 0 saturated carbocycles. The third kappa shape index (κ3) is 3.99. The summed E-state index contributed by atoms with van der Waals surface area (Å²) < 4.78 is 24.1. The predicted molar refractivity (Wildman–Crippen MR) is 117 cm³/mol. The second kappa shape index (κ2) is 8.73. The molecule has 1 N–H and O–H groups in total. The maximum atomic E-state index is 13.3. The van der Waals surface area contributed by atoms with E-state index in [1.807, 2.05) is 6.07 Å². The van der Waals surface area contributed by atoms with Crippen LogP contribution in [0.1, 0.15) is 36.9 Å². The van der Waals surface area contributed by atoms with Crippen LogP contribution in [0.3, 0.4) is 0 Å². The molecule has 2 heterocycles. The van der Waals surface area contributed by atoms with Gasteiger partial charge in [0.05, 0.1) is 20.3 Å². The summed E-state index contributed by atoms with van der Waals surface area (Å²) in [6.45, 7) is 1.66. The Morgan fingerprint density at radius 1 is 1.15 bits per heavy atom. The van der Waals surface area contributed by atoms with Gasteiger partial charge in [-0.25, -0.2) is 9.18 Å². The maximum Gasteiger partial charge on any atom is 0.325 e. The molecule has 0 aromatic heterocycles. The van der Waals surface area contributed by atoms with Crippen LogP contribution in [-0.2, 0) is 15.1 Å².